The molecule has 0 aliphatic rings. The molecule has 0 radical (unpaired) electrons. The topological polar surface area (TPSA) is 83.8 Å². The van der Waals surface area contributed by atoms with E-state index in [1.165, 1.54) is 16.8 Å². The summed E-state index contributed by atoms with van der Waals surface area (Å²) in [4.78, 5) is 36.9. The molecule has 0 spiro atoms. The molecule has 26 heavy (non-hydrogen) atoms. The van der Waals surface area contributed by atoms with E-state index >= 15 is 0 Å². The Morgan fingerprint density at radius 3 is 2.08 bits per heavy atom. The average Bonchev–Trinajstić information content (AvgIpc) is 3.10. The summed E-state index contributed by atoms with van der Waals surface area (Å²) in [5, 5.41) is 0. The van der Waals surface area contributed by atoms with Gasteiger partial charge in [0, 0.05) is 6.20 Å². The highest BCUT2D eigenvalue weighted by atomic mass is 16.6. The highest BCUT2D eigenvalue weighted by Gasteiger charge is 2.34. The van der Waals surface area contributed by atoms with Crippen LogP contribution in [0.2, 0.25) is 0 Å². The zero-order chi connectivity index (χ0) is 18.9. The van der Waals surface area contributed by atoms with Crippen molar-refractivity contribution >= 4 is 17.9 Å². The summed E-state index contributed by atoms with van der Waals surface area (Å²) < 4.78 is 16.4. The van der Waals surface area contributed by atoms with Crippen molar-refractivity contribution in [1.29, 1.82) is 0 Å². The van der Waals surface area contributed by atoms with Gasteiger partial charge in [-0.1, -0.05) is 30.3 Å². The first kappa shape index (κ1) is 19.2. The molecule has 0 fully saturated rings. The van der Waals surface area contributed by atoms with Crippen molar-refractivity contribution in [2.45, 2.75) is 26.5 Å². The normalized spacial score (nSPS) is 10.4. The van der Waals surface area contributed by atoms with Crippen LogP contribution in [0.1, 0.15) is 35.9 Å². The third-order valence-electron chi connectivity index (χ3n) is 3.50. The van der Waals surface area contributed by atoms with Gasteiger partial charge in [0.05, 0.1) is 13.2 Å². The van der Waals surface area contributed by atoms with Gasteiger partial charge in [-0.25, -0.2) is 14.4 Å². The summed E-state index contributed by atoms with van der Waals surface area (Å²) >= 11 is 0. The van der Waals surface area contributed by atoms with Crippen molar-refractivity contribution in [3.8, 4) is 0 Å². The molecule has 7 nitrogen and oxygen atoms in total. The molecule has 0 unspecified atom stereocenters. The minimum absolute atomic E-state index is 0.0621. The molecule has 0 atom stereocenters. The molecule has 7 heteroatoms. The molecule has 0 aliphatic carbocycles. The minimum Gasteiger partial charge on any atom is -0.464 e. The van der Waals surface area contributed by atoms with Crippen molar-refractivity contribution in [2.24, 2.45) is 0 Å². The lowest BCUT2D eigenvalue weighted by Gasteiger charge is -2.18. The summed E-state index contributed by atoms with van der Waals surface area (Å²) in [5.41, 5.74) is 0.887. The van der Waals surface area contributed by atoms with E-state index in [1.807, 2.05) is 30.3 Å². The van der Waals surface area contributed by atoms with Gasteiger partial charge in [0.1, 0.15) is 12.3 Å². The van der Waals surface area contributed by atoms with Gasteiger partial charge in [-0.3, -0.25) is 0 Å². The van der Waals surface area contributed by atoms with E-state index in [-0.39, 0.29) is 25.5 Å². The van der Waals surface area contributed by atoms with Crippen molar-refractivity contribution in [2.75, 3.05) is 13.2 Å². The number of benzene rings is 1. The summed E-state index contributed by atoms with van der Waals surface area (Å²) in [6, 6.07) is 10.8. The van der Waals surface area contributed by atoms with Gasteiger partial charge >= 0.3 is 17.9 Å². The number of carbonyl (C=O) groups is 3. The van der Waals surface area contributed by atoms with E-state index in [9.17, 15) is 14.4 Å². The third-order valence-corrected chi connectivity index (χ3v) is 3.50. The lowest BCUT2D eigenvalue weighted by molar-refractivity contribution is -0.160. The smallest absolute Gasteiger partial charge is 0.355 e. The Labute approximate surface area is 151 Å². The average molecular weight is 359 g/mol. The van der Waals surface area contributed by atoms with Crippen LogP contribution in [-0.2, 0) is 30.4 Å². The summed E-state index contributed by atoms with van der Waals surface area (Å²) in [6.45, 7) is 3.54. The molecule has 1 heterocycles. The summed E-state index contributed by atoms with van der Waals surface area (Å²) in [7, 11) is 0. The highest BCUT2D eigenvalue weighted by molar-refractivity contribution is 5.99. The number of ether oxygens (including phenoxy) is 3. The van der Waals surface area contributed by atoms with Crippen LogP contribution in [-0.4, -0.2) is 35.7 Å². The summed E-state index contributed by atoms with van der Waals surface area (Å²) in [5.74, 6) is -2.24. The predicted molar refractivity (Wildman–Crippen MR) is 92.3 cm³/mol. The van der Waals surface area contributed by atoms with Gasteiger partial charge in [0.2, 0.25) is 6.04 Å². The van der Waals surface area contributed by atoms with Crippen molar-refractivity contribution in [3.63, 3.8) is 0 Å². The molecule has 1 aromatic carbocycles. The number of carbonyl (C=O) groups excluding carboxylic acids is 3. The van der Waals surface area contributed by atoms with Gasteiger partial charge in [0.25, 0.3) is 0 Å². The Morgan fingerprint density at radius 1 is 0.885 bits per heavy atom. The van der Waals surface area contributed by atoms with Gasteiger partial charge in [-0.05, 0) is 31.5 Å². The minimum atomic E-state index is -1.40. The summed E-state index contributed by atoms with van der Waals surface area (Å²) in [6.07, 6.45) is 1.44. The molecule has 2 rings (SSSR count). The second kappa shape index (κ2) is 9.41. The molecule has 0 aliphatic heterocycles. The largest absolute Gasteiger partial charge is 0.464 e. The van der Waals surface area contributed by atoms with Gasteiger partial charge < -0.3 is 18.8 Å². The van der Waals surface area contributed by atoms with Crippen LogP contribution in [0.15, 0.2) is 48.7 Å². The van der Waals surface area contributed by atoms with Crippen LogP contribution in [0.3, 0.4) is 0 Å². The van der Waals surface area contributed by atoms with Gasteiger partial charge in [-0.2, -0.15) is 0 Å². The molecule has 0 N–H and O–H groups in total. The maximum atomic E-state index is 12.4. The molecule has 138 valence electrons. The number of esters is 3. The Kier molecular flexibility index (Phi) is 6.96. The first-order valence-corrected chi connectivity index (χ1v) is 8.29. The Morgan fingerprint density at radius 2 is 1.50 bits per heavy atom. The van der Waals surface area contributed by atoms with E-state index in [4.69, 9.17) is 14.2 Å². The van der Waals surface area contributed by atoms with Crippen molar-refractivity contribution < 1.29 is 28.6 Å². The third kappa shape index (κ3) is 4.72. The monoisotopic (exact) mass is 359 g/mol. The molecular weight excluding hydrogens is 338 g/mol. The second-order valence-corrected chi connectivity index (χ2v) is 5.27. The maximum Gasteiger partial charge on any atom is 0.355 e. The first-order valence-electron chi connectivity index (χ1n) is 8.29. The fraction of sp³-hybridized carbons (Fsp3) is 0.316. The lowest BCUT2D eigenvalue weighted by Crippen LogP contribution is -2.32. The van der Waals surface area contributed by atoms with E-state index < -0.39 is 23.9 Å². The zero-order valence-corrected chi connectivity index (χ0v) is 14.7. The molecular formula is C19H21NO6. The number of hydrogen-bond donors (Lipinski definition) is 0. The predicted octanol–water partition coefficient (Wildman–Crippen LogP) is 2.51. The molecule has 0 bridgehead atoms. The Balaban J connectivity index is 2.20. The lowest BCUT2D eigenvalue weighted by atomic mass is 10.2. The fourth-order valence-corrected chi connectivity index (χ4v) is 2.35. The van der Waals surface area contributed by atoms with E-state index in [1.54, 1.807) is 19.9 Å². The second-order valence-electron chi connectivity index (χ2n) is 5.27. The molecule has 0 saturated carbocycles. The molecule has 0 amide bonds. The Hall–Kier alpha value is -3.09. The number of rotatable bonds is 8. The van der Waals surface area contributed by atoms with Crippen molar-refractivity contribution in [3.05, 3.63) is 59.9 Å². The van der Waals surface area contributed by atoms with Crippen LogP contribution >= 0.6 is 0 Å². The zero-order valence-electron chi connectivity index (χ0n) is 14.7. The molecule has 2 aromatic rings. The van der Waals surface area contributed by atoms with Crippen LogP contribution in [0.5, 0.6) is 0 Å². The van der Waals surface area contributed by atoms with Crippen LogP contribution in [0.25, 0.3) is 0 Å². The van der Waals surface area contributed by atoms with Gasteiger partial charge in [0.15, 0.2) is 0 Å². The SMILES string of the molecule is CCOC(=O)C(C(=O)OCC)n1cccc1C(=O)OCc1ccccc1. The number of hydrogen-bond acceptors (Lipinski definition) is 6. The number of aromatic nitrogens is 1. The van der Waals surface area contributed by atoms with E-state index in [0.29, 0.717) is 0 Å². The molecule has 1 aromatic heterocycles. The number of nitrogens with zero attached hydrogens (tertiary/aromatic N) is 1. The quantitative estimate of drug-likeness (QED) is 0.409. The van der Waals surface area contributed by atoms with E-state index in [0.717, 1.165) is 5.56 Å². The van der Waals surface area contributed by atoms with Crippen LogP contribution in [0, 0.1) is 0 Å². The Bertz CT molecular complexity index is 734. The van der Waals surface area contributed by atoms with Crippen LogP contribution < -0.4 is 0 Å². The van der Waals surface area contributed by atoms with Crippen LogP contribution in [0.4, 0.5) is 0 Å². The fourth-order valence-electron chi connectivity index (χ4n) is 2.35. The van der Waals surface area contributed by atoms with E-state index in [2.05, 4.69) is 0 Å². The highest BCUT2D eigenvalue weighted by Crippen LogP contribution is 2.18. The molecule has 0 saturated heterocycles. The van der Waals surface area contributed by atoms with Gasteiger partial charge in [-0.15, -0.1) is 0 Å². The maximum absolute atomic E-state index is 12.4. The first-order chi connectivity index (χ1) is 12.6. The van der Waals surface area contributed by atoms with Crippen molar-refractivity contribution in [1.82, 2.24) is 4.57 Å². The standard InChI is InChI=1S/C19H21NO6/c1-3-24-18(22)16(19(23)25-4-2)20-12-8-11-15(20)17(21)26-13-14-9-6-5-7-10-14/h5-12,16H,3-4,13H2,1-2H3.